The SMILES string of the molecule is Cc1cc(C)c2ccc(/C=C/C(=O)c3ccccn3)c-2c(C)c1. The van der Waals surface area contributed by atoms with Crippen molar-refractivity contribution in [3.63, 3.8) is 0 Å². The van der Waals surface area contributed by atoms with Gasteiger partial charge in [0.05, 0.1) is 0 Å². The first-order valence-corrected chi connectivity index (χ1v) is 7.70. The van der Waals surface area contributed by atoms with Gasteiger partial charge in [0.25, 0.3) is 0 Å². The first kappa shape index (κ1) is 15.2. The number of ketones is 1. The molecule has 0 fully saturated rings. The van der Waals surface area contributed by atoms with Crippen LogP contribution in [0.15, 0.2) is 54.7 Å². The highest BCUT2D eigenvalue weighted by molar-refractivity contribution is 6.06. The van der Waals surface area contributed by atoms with Crippen molar-refractivity contribution in [2.75, 3.05) is 0 Å². The summed E-state index contributed by atoms with van der Waals surface area (Å²) in [5, 5.41) is 0. The lowest BCUT2D eigenvalue weighted by Gasteiger charge is -2.03. The van der Waals surface area contributed by atoms with Crippen LogP contribution < -0.4 is 0 Å². The van der Waals surface area contributed by atoms with Crippen molar-refractivity contribution in [3.05, 3.63) is 82.7 Å². The molecule has 0 aliphatic heterocycles. The molecule has 0 saturated heterocycles. The molecule has 0 N–H and O–H groups in total. The Bertz CT molecular complexity index is 863. The summed E-state index contributed by atoms with van der Waals surface area (Å²) in [5.74, 6) is -0.0780. The van der Waals surface area contributed by atoms with Crippen molar-refractivity contribution in [1.29, 1.82) is 0 Å². The molecule has 2 aliphatic carbocycles. The lowest BCUT2D eigenvalue weighted by molar-refractivity contribution is 0.104. The van der Waals surface area contributed by atoms with Crippen molar-refractivity contribution in [1.82, 2.24) is 4.98 Å². The highest BCUT2D eigenvalue weighted by atomic mass is 16.1. The second kappa shape index (κ2) is 6.17. The van der Waals surface area contributed by atoms with Crippen LogP contribution in [0.2, 0.25) is 0 Å². The van der Waals surface area contributed by atoms with Gasteiger partial charge in [0.15, 0.2) is 0 Å². The molecule has 0 atom stereocenters. The average Bonchev–Trinajstić information content (AvgIpc) is 2.93. The zero-order valence-electron chi connectivity index (χ0n) is 13.6. The van der Waals surface area contributed by atoms with Gasteiger partial charge in [-0.1, -0.05) is 42.0 Å². The van der Waals surface area contributed by atoms with Crippen molar-refractivity contribution in [3.8, 4) is 11.1 Å². The van der Waals surface area contributed by atoms with Crippen molar-refractivity contribution < 1.29 is 4.79 Å². The van der Waals surface area contributed by atoms with Gasteiger partial charge in [-0.3, -0.25) is 9.78 Å². The average molecular weight is 301 g/mol. The smallest absolute Gasteiger partial charge is 0.204 e. The van der Waals surface area contributed by atoms with E-state index in [4.69, 9.17) is 0 Å². The quantitative estimate of drug-likeness (QED) is 0.503. The van der Waals surface area contributed by atoms with Crippen LogP contribution in [-0.2, 0) is 0 Å². The van der Waals surface area contributed by atoms with E-state index in [1.54, 1.807) is 24.4 Å². The van der Waals surface area contributed by atoms with Gasteiger partial charge in [0, 0.05) is 6.20 Å². The second-order valence-corrected chi connectivity index (χ2v) is 5.89. The van der Waals surface area contributed by atoms with Crippen LogP contribution in [0.3, 0.4) is 0 Å². The summed E-state index contributed by atoms with van der Waals surface area (Å²) in [4.78, 5) is 16.3. The number of pyridine rings is 1. The lowest BCUT2D eigenvalue weighted by Crippen LogP contribution is -1.96. The Labute approximate surface area is 136 Å². The molecule has 2 aliphatic rings. The van der Waals surface area contributed by atoms with Crippen LogP contribution >= 0.6 is 0 Å². The molecule has 23 heavy (non-hydrogen) atoms. The molecule has 0 radical (unpaired) electrons. The predicted octanol–water partition coefficient (Wildman–Crippen LogP) is 5.01. The maximum absolute atomic E-state index is 12.2. The molecule has 1 aromatic rings. The highest BCUT2D eigenvalue weighted by Crippen LogP contribution is 2.34. The van der Waals surface area contributed by atoms with Crippen LogP contribution in [0.4, 0.5) is 0 Å². The maximum Gasteiger partial charge on any atom is 0.204 e. The highest BCUT2D eigenvalue weighted by Gasteiger charge is 2.12. The van der Waals surface area contributed by atoms with Gasteiger partial charge in [-0.2, -0.15) is 0 Å². The summed E-state index contributed by atoms with van der Waals surface area (Å²) in [7, 11) is 0. The molecule has 3 rings (SSSR count). The number of aromatic nitrogens is 1. The summed E-state index contributed by atoms with van der Waals surface area (Å²) >= 11 is 0. The van der Waals surface area contributed by atoms with Gasteiger partial charge in [-0.05, 0) is 66.8 Å². The van der Waals surface area contributed by atoms with Gasteiger partial charge < -0.3 is 0 Å². The Hall–Kier alpha value is -2.74. The van der Waals surface area contributed by atoms with E-state index < -0.39 is 0 Å². The summed E-state index contributed by atoms with van der Waals surface area (Å²) in [6.45, 7) is 6.35. The minimum absolute atomic E-state index is 0.0780. The Morgan fingerprint density at radius 1 is 1.00 bits per heavy atom. The topological polar surface area (TPSA) is 30.0 Å². The monoisotopic (exact) mass is 301 g/mol. The van der Waals surface area contributed by atoms with E-state index in [1.807, 2.05) is 12.1 Å². The molecule has 0 aromatic carbocycles. The Balaban J connectivity index is 2.00. The van der Waals surface area contributed by atoms with E-state index in [0.29, 0.717) is 5.69 Å². The van der Waals surface area contributed by atoms with E-state index in [1.165, 1.54) is 27.8 Å². The molecule has 0 amide bonds. The summed E-state index contributed by atoms with van der Waals surface area (Å²) < 4.78 is 0. The van der Waals surface area contributed by atoms with E-state index in [2.05, 4.69) is 50.0 Å². The van der Waals surface area contributed by atoms with Crippen molar-refractivity contribution in [2.24, 2.45) is 0 Å². The molecular weight excluding hydrogens is 282 g/mol. The second-order valence-electron chi connectivity index (χ2n) is 5.89. The van der Waals surface area contributed by atoms with Gasteiger partial charge >= 0.3 is 0 Å². The fraction of sp³-hybridized carbons (Fsp3) is 0.143. The minimum atomic E-state index is -0.0780. The van der Waals surface area contributed by atoms with Crippen molar-refractivity contribution in [2.45, 2.75) is 20.8 Å². The molecule has 0 spiro atoms. The first-order chi connectivity index (χ1) is 11.1. The number of carbonyl (C=O) groups excluding carboxylic acids is 1. The number of aryl methyl sites for hydroxylation is 3. The summed E-state index contributed by atoms with van der Waals surface area (Å²) in [5.41, 5.74) is 7.70. The molecule has 2 heteroatoms. The van der Waals surface area contributed by atoms with Crippen molar-refractivity contribution >= 4 is 11.9 Å². The molecule has 2 nitrogen and oxygen atoms in total. The Morgan fingerprint density at radius 3 is 2.52 bits per heavy atom. The van der Waals surface area contributed by atoms with E-state index in [-0.39, 0.29) is 5.78 Å². The molecule has 0 saturated carbocycles. The van der Waals surface area contributed by atoms with E-state index in [9.17, 15) is 4.79 Å². The first-order valence-electron chi connectivity index (χ1n) is 7.70. The number of allylic oxidation sites excluding steroid dienone is 1. The van der Waals surface area contributed by atoms with Gasteiger partial charge in [-0.25, -0.2) is 0 Å². The fourth-order valence-electron chi connectivity index (χ4n) is 3.04. The Morgan fingerprint density at radius 2 is 1.78 bits per heavy atom. The molecule has 114 valence electrons. The number of fused-ring (bicyclic) bond motifs is 1. The van der Waals surface area contributed by atoms with Crippen LogP contribution in [0.1, 0.15) is 32.7 Å². The van der Waals surface area contributed by atoms with E-state index in [0.717, 1.165) is 5.56 Å². The number of hydrogen-bond donors (Lipinski definition) is 0. The zero-order chi connectivity index (χ0) is 16.4. The third kappa shape index (κ3) is 3.07. The van der Waals surface area contributed by atoms with E-state index >= 15 is 0 Å². The summed E-state index contributed by atoms with van der Waals surface area (Å²) in [6.07, 6.45) is 5.13. The van der Waals surface area contributed by atoms with Crippen LogP contribution in [0, 0.1) is 20.8 Å². The number of carbonyl (C=O) groups is 1. The predicted molar refractivity (Wildman–Crippen MR) is 94.9 cm³/mol. The lowest BCUT2D eigenvalue weighted by atomic mass is 10.0. The van der Waals surface area contributed by atoms with Gasteiger partial charge in [0.2, 0.25) is 5.78 Å². The molecule has 0 bridgehead atoms. The van der Waals surface area contributed by atoms with Gasteiger partial charge in [0.1, 0.15) is 5.69 Å². The molecule has 1 aromatic heterocycles. The number of rotatable bonds is 3. The number of hydrogen-bond acceptors (Lipinski definition) is 2. The van der Waals surface area contributed by atoms with Crippen LogP contribution in [0.5, 0.6) is 0 Å². The summed E-state index contributed by atoms with van der Waals surface area (Å²) in [6, 6.07) is 13.9. The molecule has 0 unspecified atom stereocenters. The molecule has 1 heterocycles. The largest absolute Gasteiger partial charge is 0.288 e. The maximum atomic E-state index is 12.2. The van der Waals surface area contributed by atoms with Crippen LogP contribution in [0.25, 0.3) is 17.2 Å². The fourth-order valence-corrected chi connectivity index (χ4v) is 3.04. The number of nitrogens with zero attached hydrogens (tertiary/aromatic N) is 1. The van der Waals surface area contributed by atoms with Gasteiger partial charge in [-0.15, -0.1) is 0 Å². The van der Waals surface area contributed by atoms with Crippen LogP contribution in [-0.4, -0.2) is 10.8 Å². The molecular formula is C21H19NO. The Kier molecular flexibility index (Phi) is 4.07. The third-order valence-corrected chi connectivity index (χ3v) is 4.03. The standard InChI is InChI=1S/C21H19NO/c1-14-12-15(2)18-9-7-17(21(18)16(3)13-14)8-10-20(23)19-6-4-5-11-22-19/h4-13H,1-3H3/b10-8+. The normalized spacial score (nSPS) is 11.3. The third-order valence-electron chi connectivity index (χ3n) is 4.03. The zero-order valence-corrected chi connectivity index (χ0v) is 13.6. The minimum Gasteiger partial charge on any atom is -0.288 e.